The predicted octanol–water partition coefficient (Wildman–Crippen LogP) is 0.566. The summed E-state index contributed by atoms with van der Waals surface area (Å²) in [6.07, 6.45) is 0. The zero-order valence-electron chi connectivity index (χ0n) is 7.25. The van der Waals surface area contributed by atoms with E-state index in [9.17, 15) is 13.2 Å². The monoisotopic (exact) mass is 360 g/mol. The van der Waals surface area contributed by atoms with Gasteiger partial charge in [0.1, 0.15) is 5.56 Å². The Morgan fingerprint density at radius 2 is 1.80 bits per heavy atom. The van der Waals surface area contributed by atoms with Crippen LogP contribution < -0.4 is 4.18 Å². The fraction of sp³-hybridized carbons (Fsp3) is 0. The zero-order valence-corrected chi connectivity index (χ0v) is 11.3. The maximum Gasteiger partial charge on any atom is 0.446 e. The smallest absolute Gasteiger partial charge is 0.446 e. The summed E-state index contributed by atoms with van der Waals surface area (Å²) in [5, 5.41) is 8.61. The Morgan fingerprint density at radius 1 is 1.27 bits per heavy atom. The first kappa shape index (κ1) is 14.8. The van der Waals surface area contributed by atoms with Gasteiger partial charge in [-0.15, -0.1) is 0 Å². The van der Waals surface area contributed by atoms with Crippen LogP contribution >= 0.6 is 0 Å². The molecule has 8 heteroatoms. The molecule has 0 fully saturated rings. The van der Waals surface area contributed by atoms with Crippen molar-refractivity contribution in [3.05, 3.63) is 29.8 Å². The Hall–Kier alpha value is -0.249. The van der Waals surface area contributed by atoms with Gasteiger partial charge in [0.25, 0.3) is 0 Å². The number of para-hydroxylation sites is 1. The molecule has 15 heavy (non-hydrogen) atoms. The van der Waals surface area contributed by atoms with Crippen LogP contribution in [0.1, 0.15) is 10.4 Å². The van der Waals surface area contributed by atoms with Crippen LogP contribution in [0.2, 0.25) is 0 Å². The van der Waals surface area contributed by atoms with Crippen molar-refractivity contribution in [1.82, 2.24) is 0 Å². The van der Waals surface area contributed by atoms with Crippen molar-refractivity contribution < 1.29 is 67.9 Å². The summed E-state index contributed by atoms with van der Waals surface area (Å²) in [6.45, 7) is 0. The SMILES string of the molecule is O=C(O)c1ccccc1OS(=O)(=O)O.[Nd]. The second-order valence-corrected chi connectivity index (χ2v) is 3.33. The molecule has 0 spiro atoms. The molecule has 0 bridgehead atoms. The summed E-state index contributed by atoms with van der Waals surface area (Å²) >= 11 is 0. The van der Waals surface area contributed by atoms with E-state index in [1.165, 1.54) is 12.1 Å². The van der Waals surface area contributed by atoms with Crippen molar-refractivity contribution in [2.75, 3.05) is 0 Å². The Balaban J connectivity index is 0.00000196. The first-order chi connectivity index (χ1) is 6.40. The van der Waals surface area contributed by atoms with E-state index in [4.69, 9.17) is 9.66 Å². The zero-order chi connectivity index (χ0) is 10.8. The van der Waals surface area contributed by atoms with Gasteiger partial charge in [-0.2, -0.15) is 8.42 Å². The molecule has 0 radical (unpaired) electrons. The largest absolute Gasteiger partial charge is 0.478 e. The average molecular weight is 362 g/mol. The van der Waals surface area contributed by atoms with Crippen LogP contribution in [-0.4, -0.2) is 24.0 Å². The molecule has 1 rings (SSSR count). The van der Waals surface area contributed by atoms with Gasteiger partial charge < -0.3 is 9.29 Å². The fourth-order valence-electron chi connectivity index (χ4n) is 0.829. The van der Waals surface area contributed by atoms with Crippen LogP contribution in [-0.2, 0) is 10.4 Å². The van der Waals surface area contributed by atoms with Gasteiger partial charge in [-0.05, 0) is 12.1 Å². The second-order valence-electron chi connectivity index (χ2n) is 2.31. The summed E-state index contributed by atoms with van der Waals surface area (Å²) in [4.78, 5) is 10.6. The van der Waals surface area contributed by atoms with Gasteiger partial charge in [0.2, 0.25) is 0 Å². The van der Waals surface area contributed by atoms with E-state index in [1.54, 1.807) is 0 Å². The van der Waals surface area contributed by atoms with Crippen molar-refractivity contribution in [2.45, 2.75) is 0 Å². The third-order valence-corrected chi connectivity index (χ3v) is 1.70. The molecular formula is C7H6NdO6S. The van der Waals surface area contributed by atoms with E-state index in [0.29, 0.717) is 0 Å². The van der Waals surface area contributed by atoms with E-state index >= 15 is 0 Å². The van der Waals surface area contributed by atoms with E-state index in [0.717, 1.165) is 12.1 Å². The van der Waals surface area contributed by atoms with Gasteiger partial charge in [0, 0.05) is 40.8 Å². The van der Waals surface area contributed by atoms with E-state index in [-0.39, 0.29) is 46.4 Å². The molecule has 0 aromatic heterocycles. The maximum atomic E-state index is 10.6. The molecule has 0 atom stereocenters. The molecule has 6 nitrogen and oxygen atoms in total. The quantitative estimate of drug-likeness (QED) is 0.763. The van der Waals surface area contributed by atoms with Gasteiger partial charge in [0.15, 0.2) is 5.75 Å². The number of hydrogen-bond donors (Lipinski definition) is 2. The number of carboxylic acid groups (broad SMARTS) is 1. The summed E-state index contributed by atoms with van der Waals surface area (Å²) in [5.41, 5.74) is -0.342. The minimum atomic E-state index is -4.70. The third kappa shape index (κ3) is 4.87. The van der Waals surface area contributed by atoms with Crippen molar-refractivity contribution in [3.8, 4) is 5.75 Å². The van der Waals surface area contributed by atoms with Crippen LogP contribution in [0.15, 0.2) is 24.3 Å². The van der Waals surface area contributed by atoms with Gasteiger partial charge >= 0.3 is 16.4 Å². The average Bonchev–Trinajstić information content (AvgIpc) is 2.01. The third-order valence-electron chi connectivity index (χ3n) is 1.31. The summed E-state index contributed by atoms with van der Waals surface area (Å²) in [5.74, 6) is -1.77. The van der Waals surface area contributed by atoms with Gasteiger partial charge in [-0.3, -0.25) is 4.55 Å². The van der Waals surface area contributed by atoms with Gasteiger partial charge in [-0.1, -0.05) is 12.1 Å². The van der Waals surface area contributed by atoms with Gasteiger partial charge in [-0.25, -0.2) is 4.79 Å². The molecule has 2 N–H and O–H groups in total. The van der Waals surface area contributed by atoms with Crippen LogP contribution in [0.5, 0.6) is 5.75 Å². The minimum absolute atomic E-state index is 0. The van der Waals surface area contributed by atoms with E-state index in [1.807, 2.05) is 0 Å². The van der Waals surface area contributed by atoms with Crippen LogP contribution in [0.3, 0.4) is 0 Å². The Bertz CT molecular complexity index is 454. The number of carboxylic acids is 1. The Labute approximate surface area is 119 Å². The van der Waals surface area contributed by atoms with Crippen molar-refractivity contribution in [3.63, 3.8) is 0 Å². The minimum Gasteiger partial charge on any atom is -0.478 e. The Kier molecular flexibility index (Phi) is 5.64. The van der Waals surface area contributed by atoms with E-state index < -0.39 is 22.1 Å². The number of hydrogen-bond acceptors (Lipinski definition) is 4. The van der Waals surface area contributed by atoms with Crippen LogP contribution in [0, 0.1) is 40.8 Å². The number of benzene rings is 1. The predicted molar refractivity (Wildman–Crippen MR) is 45.6 cm³/mol. The Morgan fingerprint density at radius 3 is 2.27 bits per heavy atom. The second kappa shape index (κ2) is 5.73. The molecule has 0 aliphatic rings. The van der Waals surface area contributed by atoms with Crippen molar-refractivity contribution >= 4 is 16.4 Å². The summed E-state index contributed by atoms with van der Waals surface area (Å²) in [6, 6.07) is 5.06. The van der Waals surface area contributed by atoms with Crippen molar-refractivity contribution in [1.29, 1.82) is 0 Å². The fourth-order valence-corrected chi connectivity index (χ4v) is 1.20. The molecule has 0 heterocycles. The topological polar surface area (TPSA) is 101 Å². The molecule has 1 aromatic carbocycles. The number of aromatic carboxylic acids is 1. The molecule has 0 saturated carbocycles. The normalized spacial score (nSPS) is 10.2. The van der Waals surface area contributed by atoms with E-state index in [2.05, 4.69) is 4.18 Å². The summed E-state index contributed by atoms with van der Waals surface area (Å²) < 4.78 is 33.0. The van der Waals surface area contributed by atoms with Crippen LogP contribution in [0.4, 0.5) is 0 Å². The molecule has 80 valence electrons. The molecule has 0 amide bonds. The molecule has 0 aliphatic carbocycles. The maximum absolute atomic E-state index is 10.6. The van der Waals surface area contributed by atoms with Crippen molar-refractivity contribution in [2.24, 2.45) is 0 Å². The summed E-state index contributed by atoms with van der Waals surface area (Å²) in [7, 11) is -4.70. The molecule has 1 aromatic rings. The molecule has 0 saturated heterocycles. The standard InChI is InChI=1S/C7H6O6S.Nd/c8-7(9)5-3-1-2-4-6(5)13-14(10,11)12;/h1-4H,(H,8,9)(H,10,11,12);. The number of rotatable bonds is 3. The van der Waals surface area contributed by atoms with Crippen LogP contribution in [0.25, 0.3) is 0 Å². The molecule has 0 unspecified atom stereocenters. The molecule has 0 aliphatic heterocycles. The van der Waals surface area contributed by atoms with Gasteiger partial charge in [0.05, 0.1) is 0 Å². The molecular weight excluding hydrogens is 356 g/mol. The first-order valence-corrected chi connectivity index (χ1v) is 4.76. The number of carbonyl (C=O) groups is 1. The first-order valence-electron chi connectivity index (χ1n) is 3.39.